The predicted molar refractivity (Wildman–Crippen MR) is 74.3 cm³/mol. The van der Waals surface area contributed by atoms with Gasteiger partial charge in [-0.15, -0.1) is 0 Å². The maximum absolute atomic E-state index is 12.3. The molecule has 1 N–H and O–H groups in total. The molecule has 1 aliphatic heterocycles. The number of amides is 1. The van der Waals surface area contributed by atoms with Gasteiger partial charge in [0.15, 0.2) is 0 Å². The van der Waals surface area contributed by atoms with Gasteiger partial charge in [-0.25, -0.2) is 0 Å². The zero-order valence-electron chi connectivity index (χ0n) is 11.6. The van der Waals surface area contributed by atoms with Gasteiger partial charge < -0.3 is 15.0 Å². The van der Waals surface area contributed by atoms with Crippen LogP contribution in [0.1, 0.15) is 29.8 Å². The molecule has 104 valence electrons. The lowest BCUT2D eigenvalue weighted by molar-refractivity contribution is -0.000288. The van der Waals surface area contributed by atoms with Crippen molar-refractivity contribution in [2.24, 2.45) is 0 Å². The van der Waals surface area contributed by atoms with E-state index in [0.717, 1.165) is 25.1 Å². The van der Waals surface area contributed by atoms with Gasteiger partial charge in [0.25, 0.3) is 5.91 Å². The van der Waals surface area contributed by atoms with Crippen molar-refractivity contribution in [2.75, 3.05) is 32.6 Å². The molecule has 1 saturated heterocycles. The van der Waals surface area contributed by atoms with Crippen LogP contribution in [0.5, 0.6) is 0 Å². The molecule has 1 aromatic heterocycles. The lowest BCUT2D eigenvalue weighted by atomic mass is 10.1. The quantitative estimate of drug-likeness (QED) is 0.899. The van der Waals surface area contributed by atoms with Gasteiger partial charge >= 0.3 is 0 Å². The Morgan fingerprint density at radius 2 is 2.42 bits per heavy atom. The van der Waals surface area contributed by atoms with Crippen molar-refractivity contribution in [3.63, 3.8) is 0 Å². The van der Waals surface area contributed by atoms with E-state index >= 15 is 0 Å². The van der Waals surface area contributed by atoms with E-state index in [4.69, 9.17) is 4.74 Å². The first-order chi connectivity index (χ1) is 9.20. The lowest BCUT2D eigenvalue weighted by Gasteiger charge is -2.27. The molecule has 0 spiro atoms. The summed E-state index contributed by atoms with van der Waals surface area (Å²) in [7, 11) is 3.62. The number of hydrogen-bond donors (Lipinski definition) is 1. The van der Waals surface area contributed by atoms with Gasteiger partial charge in [0.05, 0.1) is 6.10 Å². The molecule has 2 rings (SSSR count). The number of carbonyl (C=O) groups is 1. The molecule has 1 aromatic rings. The maximum atomic E-state index is 12.3. The number of ether oxygens (including phenoxy) is 1. The summed E-state index contributed by atoms with van der Waals surface area (Å²) in [6, 6.07) is 3.60. The van der Waals surface area contributed by atoms with Crippen LogP contribution < -0.4 is 5.32 Å². The highest BCUT2D eigenvalue weighted by Gasteiger charge is 2.20. The number of rotatable bonds is 4. The van der Waals surface area contributed by atoms with Gasteiger partial charge in [-0.3, -0.25) is 9.78 Å². The van der Waals surface area contributed by atoms with E-state index in [1.165, 1.54) is 6.42 Å². The molecule has 1 amide bonds. The summed E-state index contributed by atoms with van der Waals surface area (Å²) in [5.74, 6) is -0.0636. The molecule has 0 radical (unpaired) electrons. The fraction of sp³-hybridized carbons (Fsp3) is 0.571. The second-order valence-electron chi connectivity index (χ2n) is 4.85. The van der Waals surface area contributed by atoms with Crippen molar-refractivity contribution < 1.29 is 9.53 Å². The van der Waals surface area contributed by atoms with Crippen molar-refractivity contribution in [1.82, 2.24) is 9.88 Å². The third-order valence-electron chi connectivity index (χ3n) is 3.37. The van der Waals surface area contributed by atoms with Gasteiger partial charge in [-0.2, -0.15) is 0 Å². The molecule has 19 heavy (non-hydrogen) atoms. The van der Waals surface area contributed by atoms with Crippen molar-refractivity contribution in [3.8, 4) is 0 Å². The Kier molecular flexibility index (Phi) is 4.74. The molecule has 1 aliphatic rings. The molecular weight excluding hydrogens is 242 g/mol. The Labute approximate surface area is 114 Å². The van der Waals surface area contributed by atoms with Crippen LogP contribution in [-0.2, 0) is 4.74 Å². The van der Waals surface area contributed by atoms with E-state index in [2.05, 4.69) is 10.3 Å². The summed E-state index contributed by atoms with van der Waals surface area (Å²) in [4.78, 5) is 18.1. The van der Waals surface area contributed by atoms with Crippen molar-refractivity contribution >= 4 is 11.6 Å². The first kappa shape index (κ1) is 13.8. The summed E-state index contributed by atoms with van der Waals surface area (Å²) >= 11 is 0. The van der Waals surface area contributed by atoms with Gasteiger partial charge in [0, 0.05) is 39.1 Å². The molecule has 0 aromatic carbocycles. The maximum Gasteiger partial charge on any atom is 0.272 e. The highest BCUT2D eigenvalue weighted by Crippen LogP contribution is 2.15. The van der Waals surface area contributed by atoms with Gasteiger partial charge in [-0.1, -0.05) is 0 Å². The smallest absolute Gasteiger partial charge is 0.272 e. The number of carbonyl (C=O) groups excluding carboxylic acids is 1. The topological polar surface area (TPSA) is 54.5 Å². The minimum atomic E-state index is -0.0636. The van der Waals surface area contributed by atoms with E-state index in [9.17, 15) is 4.79 Å². The highest BCUT2D eigenvalue weighted by molar-refractivity contribution is 5.92. The summed E-state index contributed by atoms with van der Waals surface area (Å²) in [6.45, 7) is 1.44. The SMILES string of the molecule is CNc1ccnc(C(=O)N(C)CC2CCCCO2)c1. The summed E-state index contributed by atoms with van der Waals surface area (Å²) in [5, 5.41) is 3.01. The van der Waals surface area contributed by atoms with E-state index in [-0.39, 0.29) is 12.0 Å². The molecule has 0 saturated carbocycles. The van der Waals surface area contributed by atoms with Crippen LogP contribution >= 0.6 is 0 Å². The van der Waals surface area contributed by atoms with Crippen LogP contribution in [0.4, 0.5) is 5.69 Å². The normalized spacial score (nSPS) is 18.9. The van der Waals surface area contributed by atoms with Crippen LogP contribution in [0, 0.1) is 0 Å². The van der Waals surface area contributed by atoms with Crippen LogP contribution in [0.15, 0.2) is 18.3 Å². The number of hydrogen-bond acceptors (Lipinski definition) is 4. The standard InChI is InChI=1S/C14H21N3O2/c1-15-11-6-7-16-13(9-11)14(18)17(2)10-12-5-3-4-8-19-12/h6-7,9,12H,3-5,8,10H2,1-2H3,(H,15,16). The van der Waals surface area contributed by atoms with Crippen molar-refractivity contribution in [2.45, 2.75) is 25.4 Å². The van der Waals surface area contributed by atoms with Crippen molar-refractivity contribution in [3.05, 3.63) is 24.0 Å². The summed E-state index contributed by atoms with van der Waals surface area (Å²) < 4.78 is 5.65. The van der Waals surface area contributed by atoms with E-state index in [1.807, 2.05) is 13.1 Å². The van der Waals surface area contributed by atoms with Crippen LogP contribution in [0.25, 0.3) is 0 Å². The molecular formula is C14H21N3O2. The Hall–Kier alpha value is -1.62. The number of likely N-dealkylation sites (N-methyl/N-ethyl adjacent to an activating group) is 1. The first-order valence-electron chi connectivity index (χ1n) is 6.71. The molecule has 0 aliphatic carbocycles. The molecule has 1 unspecified atom stereocenters. The Bertz CT molecular complexity index is 430. The zero-order valence-corrected chi connectivity index (χ0v) is 11.6. The number of nitrogens with zero attached hydrogens (tertiary/aromatic N) is 2. The molecule has 1 atom stereocenters. The number of pyridine rings is 1. The highest BCUT2D eigenvalue weighted by atomic mass is 16.5. The van der Waals surface area contributed by atoms with Crippen LogP contribution in [0.2, 0.25) is 0 Å². The third-order valence-corrected chi connectivity index (χ3v) is 3.37. The molecule has 5 heteroatoms. The number of aromatic nitrogens is 1. The summed E-state index contributed by atoms with van der Waals surface area (Å²) in [5.41, 5.74) is 1.35. The molecule has 0 bridgehead atoms. The molecule has 1 fully saturated rings. The second kappa shape index (κ2) is 6.52. The van der Waals surface area contributed by atoms with Gasteiger partial charge in [0.1, 0.15) is 5.69 Å². The van der Waals surface area contributed by atoms with E-state index in [0.29, 0.717) is 12.2 Å². The number of anilines is 1. The minimum Gasteiger partial charge on any atom is -0.388 e. The van der Waals surface area contributed by atoms with Crippen LogP contribution in [0.3, 0.4) is 0 Å². The Morgan fingerprint density at radius 1 is 1.58 bits per heavy atom. The largest absolute Gasteiger partial charge is 0.388 e. The third kappa shape index (κ3) is 3.67. The fourth-order valence-corrected chi connectivity index (χ4v) is 2.24. The van der Waals surface area contributed by atoms with Crippen LogP contribution in [-0.4, -0.2) is 49.1 Å². The predicted octanol–water partition coefficient (Wildman–Crippen LogP) is 1.76. The van der Waals surface area contributed by atoms with Crippen molar-refractivity contribution in [1.29, 1.82) is 0 Å². The number of nitrogens with one attached hydrogen (secondary N) is 1. The minimum absolute atomic E-state index is 0.0636. The Balaban J connectivity index is 1.97. The van der Waals surface area contributed by atoms with E-state index < -0.39 is 0 Å². The van der Waals surface area contributed by atoms with Gasteiger partial charge in [0.2, 0.25) is 0 Å². The average molecular weight is 263 g/mol. The lowest BCUT2D eigenvalue weighted by Crippen LogP contribution is -2.37. The first-order valence-corrected chi connectivity index (χ1v) is 6.71. The second-order valence-corrected chi connectivity index (χ2v) is 4.85. The Morgan fingerprint density at radius 3 is 3.11 bits per heavy atom. The fourth-order valence-electron chi connectivity index (χ4n) is 2.24. The van der Waals surface area contributed by atoms with Gasteiger partial charge in [-0.05, 0) is 31.4 Å². The zero-order chi connectivity index (χ0) is 13.7. The molecule has 5 nitrogen and oxygen atoms in total. The monoisotopic (exact) mass is 263 g/mol. The molecule has 2 heterocycles. The average Bonchev–Trinajstić information content (AvgIpc) is 2.47. The van der Waals surface area contributed by atoms with E-state index in [1.54, 1.807) is 24.2 Å². The summed E-state index contributed by atoms with van der Waals surface area (Å²) in [6.07, 6.45) is 5.14.